The predicted molar refractivity (Wildman–Crippen MR) is 118 cm³/mol. The molecule has 0 saturated carbocycles. The Hall–Kier alpha value is -3.01. The molecule has 1 heterocycles. The molecule has 4 nitrogen and oxygen atoms in total. The number of nitrogens with zero attached hydrogens (tertiary/aromatic N) is 1. The maximum atomic E-state index is 13.3. The maximum absolute atomic E-state index is 13.3. The molecule has 1 aliphatic rings. The minimum atomic E-state index is 0.0421. The van der Waals surface area contributed by atoms with Gasteiger partial charge in [0.15, 0.2) is 0 Å². The summed E-state index contributed by atoms with van der Waals surface area (Å²) in [7, 11) is 0. The lowest BCUT2D eigenvalue weighted by Gasteiger charge is -2.29. The van der Waals surface area contributed by atoms with E-state index in [1.807, 2.05) is 55.2 Å². The molecule has 0 radical (unpaired) electrons. The number of benzene rings is 1. The van der Waals surface area contributed by atoms with E-state index in [9.17, 15) is 4.79 Å². The fourth-order valence-electron chi connectivity index (χ4n) is 3.73. The highest BCUT2D eigenvalue weighted by Crippen LogP contribution is 2.33. The van der Waals surface area contributed by atoms with Crippen molar-refractivity contribution in [3.8, 4) is 0 Å². The molecule has 1 aromatic heterocycles. The summed E-state index contributed by atoms with van der Waals surface area (Å²) < 4.78 is 5.18. The van der Waals surface area contributed by atoms with Crippen LogP contribution in [0.25, 0.3) is 0 Å². The zero-order valence-corrected chi connectivity index (χ0v) is 17.3. The monoisotopic (exact) mass is 390 g/mol. The first kappa shape index (κ1) is 20.7. The molecule has 152 valence electrons. The summed E-state index contributed by atoms with van der Waals surface area (Å²) in [4.78, 5) is 15.2. The fraction of sp³-hybridized carbons (Fsp3) is 0.320. The van der Waals surface area contributed by atoms with Crippen molar-refractivity contribution in [2.24, 2.45) is 0 Å². The van der Waals surface area contributed by atoms with E-state index < -0.39 is 0 Å². The second kappa shape index (κ2) is 9.97. The molecule has 0 bridgehead atoms. The second-order valence-corrected chi connectivity index (χ2v) is 7.82. The van der Waals surface area contributed by atoms with Crippen LogP contribution in [0.1, 0.15) is 50.2 Å². The Morgan fingerprint density at radius 1 is 1.17 bits per heavy atom. The molecule has 2 aromatic rings. The first-order valence-corrected chi connectivity index (χ1v) is 10.2. The van der Waals surface area contributed by atoms with Gasteiger partial charge in [0.2, 0.25) is 5.91 Å². The lowest BCUT2D eigenvalue weighted by atomic mass is 9.86. The normalized spacial score (nSPS) is 14.5. The van der Waals surface area contributed by atoms with Crippen LogP contribution in [0.4, 0.5) is 5.69 Å². The minimum absolute atomic E-state index is 0.0421. The molecule has 1 unspecified atom stereocenters. The number of para-hydroxylation sites is 1. The van der Waals surface area contributed by atoms with Gasteiger partial charge in [-0.3, -0.25) is 4.79 Å². The van der Waals surface area contributed by atoms with Crippen molar-refractivity contribution < 1.29 is 9.21 Å². The van der Waals surface area contributed by atoms with E-state index in [-0.39, 0.29) is 17.9 Å². The van der Waals surface area contributed by atoms with Gasteiger partial charge in [-0.25, -0.2) is 0 Å². The van der Waals surface area contributed by atoms with Gasteiger partial charge in [-0.2, -0.15) is 0 Å². The largest absolute Gasteiger partial charge is 0.472 e. The molecule has 4 heteroatoms. The van der Waals surface area contributed by atoms with Crippen LogP contribution in [0.15, 0.2) is 83.2 Å². The SMILES string of the molecule is CC(C)N(Cc1ccoc1)C(=O)CC(CC1=CC=CC=CC1)c1ccccc1N. The Morgan fingerprint density at radius 2 is 2.00 bits per heavy atom. The van der Waals surface area contributed by atoms with Gasteiger partial charge in [-0.1, -0.05) is 54.2 Å². The Balaban J connectivity index is 1.82. The quantitative estimate of drug-likeness (QED) is 0.596. The third-order valence-electron chi connectivity index (χ3n) is 5.31. The molecule has 3 rings (SSSR count). The van der Waals surface area contributed by atoms with Gasteiger partial charge >= 0.3 is 0 Å². The average Bonchev–Trinajstić information content (AvgIpc) is 3.08. The zero-order valence-electron chi connectivity index (χ0n) is 17.3. The average molecular weight is 391 g/mol. The number of rotatable bonds is 8. The van der Waals surface area contributed by atoms with Gasteiger partial charge in [0.25, 0.3) is 0 Å². The lowest BCUT2D eigenvalue weighted by Crippen LogP contribution is -2.37. The van der Waals surface area contributed by atoms with Crippen molar-refractivity contribution in [1.82, 2.24) is 4.90 Å². The van der Waals surface area contributed by atoms with Crippen LogP contribution in [0, 0.1) is 0 Å². The van der Waals surface area contributed by atoms with Crippen molar-refractivity contribution in [3.05, 3.63) is 89.9 Å². The van der Waals surface area contributed by atoms with Crippen molar-refractivity contribution in [1.29, 1.82) is 0 Å². The van der Waals surface area contributed by atoms with Crippen LogP contribution in [-0.4, -0.2) is 16.8 Å². The second-order valence-electron chi connectivity index (χ2n) is 7.82. The number of furan rings is 1. The van der Waals surface area contributed by atoms with Gasteiger partial charge in [0, 0.05) is 30.3 Å². The van der Waals surface area contributed by atoms with Crippen LogP contribution in [-0.2, 0) is 11.3 Å². The number of anilines is 1. The highest BCUT2D eigenvalue weighted by atomic mass is 16.3. The molecule has 1 aromatic carbocycles. The molecule has 1 atom stereocenters. The summed E-state index contributed by atoms with van der Waals surface area (Å²) in [6.45, 7) is 4.65. The summed E-state index contributed by atoms with van der Waals surface area (Å²) in [6, 6.07) is 9.91. The van der Waals surface area contributed by atoms with E-state index in [1.165, 1.54) is 5.57 Å². The number of carbonyl (C=O) groups is 1. The van der Waals surface area contributed by atoms with Crippen LogP contribution >= 0.6 is 0 Å². The first-order valence-electron chi connectivity index (χ1n) is 10.2. The smallest absolute Gasteiger partial charge is 0.223 e. The van der Waals surface area contributed by atoms with E-state index in [2.05, 4.69) is 24.3 Å². The van der Waals surface area contributed by atoms with Gasteiger partial charge < -0.3 is 15.1 Å². The Morgan fingerprint density at radius 3 is 2.72 bits per heavy atom. The van der Waals surface area contributed by atoms with E-state index >= 15 is 0 Å². The van der Waals surface area contributed by atoms with E-state index in [0.29, 0.717) is 13.0 Å². The highest BCUT2D eigenvalue weighted by molar-refractivity contribution is 5.78. The molecule has 1 aliphatic carbocycles. The third kappa shape index (κ3) is 5.74. The van der Waals surface area contributed by atoms with Gasteiger partial charge in [0.1, 0.15) is 0 Å². The van der Waals surface area contributed by atoms with Crippen LogP contribution in [0.5, 0.6) is 0 Å². The van der Waals surface area contributed by atoms with Gasteiger partial charge in [-0.05, 0) is 50.3 Å². The minimum Gasteiger partial charge on any atom is -0.472 e. The summed E-state index contributed by atoms with van der Waals surface area (Å²) >= 11 is 0. The first-order chi connectivity index (χ1) is 14.0. The fourth-order valence-corrected chi connectivity index (χ4v) is 3.73. The van der Waals surface area contributed by atoms with Gasteiger partial charge in [0.05, 0.1) is 12.5 Å². The molecule has 1 amide bonds. The molecule has 29 heavy (non-hydrogen) atoms. The number of hydrogen-bond donors (Lipinski definition) is 1. The number of nitrogen functional groups attached to an aromatic ring is 1. The van der Waals surface area contributed by atoms with Crippen LogP contribution < -0.4 is 5.73 Å². The standard InChI is InChI=1S/C25H30N2O2/c1-19(2)27(17-21-13-14-29-18-21)25(28)16-22(23-11-7-8-12-24(23)26)15-20-9-5-3-4-6-10-20/h3-9,11-14,18-19,22H,10,15-17,26H2,1-2H3. The highest BCUT2D eigenvalue weighted by Gasteiger charge is 2.24. The molecule has 0 fully saturated rings. The van der Waals surface area contributed by atoms with Gasteiger partial charge in [-0.15, -0.1) is 0 Å². The molecule has 0 saturated heterocycles. The molecule has 0 spiro atoms. The Bertz CT molecular complexity index is 891. The number of amides is 1. The number of carbonyl (C=O) groups excluding carboxylic acids is 1. The summed E-state index contributed by atoms with van der Waals surface area (Å²) in [6.07, 6.45) is 15.9. The van der Waals surface area contributed by atoms with Crippen molar-refractivity contribution >= 4 is 11.6 Å². The van der Waals surface area contributed by atoms with Crippen LogP contribution in [0.2, 0.25) is 0 Å². The number of nitrogens with two attached hydrogens (primary N) is 1. The number of hydrogen-bond acceptors (Lipinski definition) is 3. The lowest BCUT2D eigenvalue weighted by molar-refractivity contribution is -0.134. The number of allylic oxidation sites excluding steroid dienone is 6. The third-order valence-corrected chi connectivity index (χ3v) is 5.31. The molecule has 0 aliphatic heterocycles. The topological polar surface area (TPSA) is 59.5 Å². The van der Waals surface area contributed by atoms with Crippen molar-refractivity contribution in [3.63, 3.8) is 0 Å². The Labute approximate surface area is 173 Å². The predicted octanol–water partition coefficient (Wildman–Crippen LogP) is 5.61. The zero-order chi connectivity index (χ0) is 20.6. The van der Waals surface area contributed by atoms with Crippen LogP contribution in [0.3, 0.4) is 0 Å². The molecular formula is C25H30N2O2. The van der Waals surface area contributed by atoms with Crippen molar-refractivity contribution in [2.45, 2.75) is 51.6 Å². The Kier molecular flexibility index (Phi) is 7.12. The summed E-state index contributed by atoms with van der Waals surface area (Å²) in [5.74, 6) is 0.176. The van der Waals surface area contributed by atoms with E-state index in [0.717, 1.165) is 29.7 Å². The van der Waals surface area contributed by atoms with Crippen molar-refractivity contribution in [2.75, 3.05) is 5.73 Å². The molecule has 2 N–H and O–H groups in total. The van der Waals surface area contributed by atoms with E-state index in [4.69, 9.17) is 10.2 Å². The maximum Gasteiger partial charge on any atom is 0.223 e. The summed E-state index contributed by atoms with van der Waals surface area (Å²) in [5.41, 5.74) is 10.4. The summed E-state index contributed by atoms with van der Waals surface area (Å²) in [5, 5.41) is 0. The van der Waals surface area contributed by atoms with E-state index in [1.54, 1.807) is 12.5 Å². The molecular weight excluding hydrogens is 360 g/mol.